The number of hydrogen-bond donors (Lipinski definition) is 3. The third kappa shape index (κ3) is 5.79. The molecule has 3 N–H and O–H groups in total. The van der Waals surface area contributed by atoms with Crippen molar-refractivity contribution in [3.8, 4) is 0 Å². The van der Waals surface area contributed by atoms with Crippen LogP contribution in [0.5, 0.6) is 0 Å². The van der Waals surface area contributed by atoms with Gasteiger partial charge >= 0.3 is 12.2 Å². The summed E-state index contributed by atoms with van der Waals surface area (Å²) in [5.74, 6) is -1.79. The Hall–Kier alpha value is -3.41. The molecule has 2 aromatic heterocycles. The predicted molar refractivity (Wildman–Crippen MR) is 131 cm³/mol. The van der Waals surface area contributed by atoms with Crippen molar-refractivity contribution in [3.63, 3.8) is 0 Å². The van der Waals surface area contributed by atoms with E-state index in [1.54, 1.807) is 6.20 Å². The highest BCUT2D eigenvalue weighted by molar-refractivity contribution is 6.05. The Morgan fingerprint density at radius 3 is 2.30 bits per heavy atom. The van der Waals surface area contributed by atoms with Crippen LogP contribution in [-0.4, -0.2) is 59.0 Å². The molecule has 198 valence electrons. The van der Waals surface area contributed by atoms with Gasteiger partial charge in [0.05, 0.1) is 16.8 Å². The molecule has 3 heterocycles. The fourth-order valence-electron chi connectivity index (χ4n) is 4.99. The quantitative estimate of drug-likeness (QED) is 0.372. The maximum atomic E-state index is 13.5. The Morgan fingerprint density at radius 1 is 0.973 bits per heavy atom. The number of carbonyl (C=O) groups excluding carboxylic acids is 1. The number of aromatic amines is 1. The number of anilines is 3. The Kier molecular flexibility index (Phi) is 6.69. The fourth-order valence-corrected chi connectivity index (χ4v) is 4.99. The highest BCUT2D eigenvalue weighted by atomic mass is 19.4. The second-order valence-corrected chi connectivity index (χ2v) is 9.53. The van der Waals surface area contributed by atoms with Crippen molar-refractivity contribution < 1.29 is 26.7 Å². The number of H-pyrrole nitrogens is 1. The number of pyridine rings is 1. The summed E-state index contributed by atoms with van der Waals surface area (Å²) in [4.78, 5) is 24.7. The molecule has 3 aromatic rings. The molecule has 1 aliphatic heterocycles. The zero-order valence-corrected chi connectivity index (χ0v) is 19.9. The van der Waals surface area contributed by atoms with Crippen LogP contribution in [-0.2, 0) is 6.18 Å². The zero-order valence-electron chi connectivity index (χ0n) is 19.9. The first kappa shape index (κ1) is 25.2. The number of rotatable bonds is 4. The topological polar surface area (TPSA) is 76.3 Å². The molecule has 2 fully saturated rings. The fraction of sp³-hybridized carbons (Fsp3) is 0.440. The van der Waals surface area contributed by atoms with E-state index in [9.17, 15) is 26.7 Å². The summed E-state index contributed by atoms with van der Waals surface area (Å²) in [6, 6.07) is 7.52. The van der Waals surface area contributed by atoms with Crippen LogP contribution in [0.25, 0.3) is 11.0 Å². The van der Waals surface area contributed by atoms with Crippen molar-refractivity contribution in [3.05, 3.63) is 48.2 Å². The predicted octanol–water partition coefficient (Wildman–Crippen LogP) is 5.93. The smallest absolute Gasteiger partial charge is 0.358 e. The van der Waals surface area contributed by atoms with Gasteiger partial charge in [-0.3, -0.25) is 4.90 Å². The number of benzene rings is 1. The van der Waals surface area contributed by atoms with Crippen LogP contribution in [0.3, 0.4) is 0 Å². The molecule has 0 bridgehead atoms. The van der Waals surface area contributed by atoms with Gasteiger partial charge in [-0.1, -0.05) is 0 Å². The lowest BCUT2D eigenvalue weighted by atomic mass is 9.91. The van der Waals surface area contributed by atoms with Crippen molar-refractivity contribution in [1.29, 1.82) is 0 Å². The molecule has 0 unspecified atom stereocenters. The summed E-state index contributed by atoms with van der Waals surface area (Å²) in [7, 11) is 0. The lowest BCUT2D eigenvalue weighted by Gasteiger charge is -2.42. The Balaban J connectivity index is 1.20. The van der Waals surface area contributed by atoms with Crippen LogP contribution in [0.15, 0.2) is 42.6 Å². The number of fused-ring (bicyclic) bond motifs is 1. The SMILES string of the molecule is O=C(Nc1ccc(C(F)(F)F)cc1)Nc1c[nH]c2ccc(N3CCN(C4CCC(F)(F)CC4)CC3)nc12. The number of halogens is 5. The number of aromatic nitrogens is 2. The molecule has 1 saturated carbocycles. The van der Waals surface area contributed by atoms with E-state index >= 15 is 0 Å². The molecule has 7 nitrogen and oxygen atoms in total. The van der Waals surface area contributed by atoms with Gasteiger partial charge in [-0.05, 0) is 49.2 Å². The average molecular weight is 523 g/mol. The monoisotopic (exact) mass is 522 g/mol. The minimum Gasteiger partial charge on any atom is -0.358 e. The third-order valence-electron chi connectivity index (χ3n) is 7.07. The zero-order chi connectivity index (χ0) is 26.2. The molecule has 2 aliphatic rings. The first-order chi connectivity index (χ1) is 17.6. The molecule has 12 heteroatoms. The number of piperazine rings is 1. The molecule has 5 rings (SSSR count). The molecule has 2 amide bonds. The van der Waals surface area contributed by atoms with E-state index in [-0.39, 0.29) is 24.6 Å². The largest absolute Gasteiger partial charge is 0.416 e. The summed E-state index contributed by atoms with van der Waals surface area (Å²) in [5.41, 5.74) is 1.13. The Labute approximate surface area is 210 Å². The second kappa shape index (κ2) is 9.81. The lowest BCUT2D eigenvalue weighted by Crippen LogP contribution is -2.52. The second-order valence-electron chi connectivity index (χ2n) is 9.53. The molecular formula is C25H27F5N6O. The minimum atomic E-state index is -4.45. The number of hydrogen-bond acceptors (Lipinski definition) is 4. The highest BCUT2D eigenvalue weighted by Crippen LogP contribution is 2.35. The Morgan fingerprint density at radius 2 is 1.65 bits per heavy atom. The van der Waals surface area contributed by atoms with Crippen LogP contribution in [0.1, 0.15) is 31.2 Å². The number of nitrogens with zero attached hydrogens (tertiary/aromatic N) is 3. The third-order valence-corrected chi connectivity index (χ3v) is 7.07. The minimum absolute atomic E-state index is 0.0498. The highest BCUT2D eigenvalue weighted by Gasteiger charge is 2.37. The van der Waals surface area contributed by atoms with Gasteiger partial charge in [-0.15, -0.1) is 0 Å². The summed E-state index contributed by atoms with van der Waals surface area (Å²) in [6.45, 7) is 2.97. The van der Waals surface area contributed by atoms with Gasteiger partial charge in [-0.25, -0.2) is 18.6 Å². The summed E-state index contributed by atoms with van der Waals surface area (Å²) in [5, 5.41) is 5.21. The van der Waals surface area contributed by atoms with Gasteiger partial charge in [0.1, 0.15) is 11.3 Å². The molecule has 0 atom stereocenters. The lowest BCUT2D eigenvalue weighted by molar-refractivity contribution is -0.137. The van der Waals surface area contributed by atoms with Crippen molar-refractivity contribution >= 4 is 34.3 Å². The summed E-state index contributed by atoms with van der Waals surface area (Å²) in [6.07, 6.45) is -1.91. The van der Waals surface area contributed by atoms with Crippen LogP contribution < -0.4 is 15.5 Å². The number of alkyl halides is 5. The first-order valence-corrected chi connectivity index (χ1v) is 12.2. The van der Waals surface area contributed by atoms with E-state index in [0.717, 1.165) is 36.6 Å². The first-order valence-electron chi connectivity index (χ1n) is 12.2. The van der Waals surface area contributed by atoms with E-state index in [0.29, 0.717) is 37.1 Å². The summed E-state index contributed by atoms with van der Waals surface area (Å²) >= 11 is 0. The number of carbonyl (C=O) groups is 1. The van der Waals surface area contributed by atoms with E-state index in [1.807, 2.05) is 12.1 Å². The number of urea groups is 1. The van der Waals surface area contributed by atoms with Crippen molar-refractivity contribution in [2.45, 2.75) is 43.8 Å². The van der Waals surface area contributed by atoms with Crippen LogP contribution >= 0.6 is 0 Å². The van der Waals surface area contributed by atoms with Gasteiger partial charge in [0.15, 0.2) is 0 Å². The van der Waals surface area contributed by atoms with E-state index in [4.69, 9.17) is 4.98 Å². The standard InChI is InChI=1S/C25H27F5N6O/c26-24(27)9-7-18(8-10-24)35-11-13-36(14-12-35)21-6-5-19-22(34-21)20(15-31-19)33-23(37)32-17-3-1-16(2-4-17)25(28,29)30/h1-6,15,18,31H,7-14H2,(H2,32,33,37). The van der Waals surface area contributed by atoms with Crippen LogP contribution in [0.4, 0.5) is 43.9 Å². The Bertz CT molecular complexity index is 1240. The van der Waals surface area contributed by atoms with Crippen LogP contribution in [0, 0.1) is 0 Å². The van der Waals surface area contributed by atoms with Gasteiger partial charge in [0, 0.05) is 56.9 Å². The maximum absolute atomic E-state index is 13.5. The van der Waals surface area contributed by atoms with Crippen molar-refractivity contribution in [2.75, 3.05) is 41.7 Å². The molecule has 0 radical (unpaired) electrons. The molecule has 37 heavy (non-hydrogen) atoms. The van der Waals surface area contributed by atoms with E-state index in [2.05, 4.69) is 25.4 Å². The number of nitrogens with one attached hydrogen (secondary N) is 3. The molecule has 0 spiro atoms. The van der Waals surface area contributed by atoms with Gasteiger partial charge in [0.25, 0.3) is 0 Å². The van der Waals surface area contributed by atoms with Crippen molar-refractivity contribution in [2.24, 2.45) is 0 Å². The average Bonchev–Trinajstić information content (AvgIpc) is 3.26. The molecule has 1 aromatic carbocycles. The van der Waals surface area contributed by atoms with Crippen LogP contribution in [0.2, 0.25) is 0 Å². The van der Waals surface area contributed by atoms with Gasteiger partial charge < -0.3 is 20.5 Å². The van der Waals surface area contributed by atoms with Crippen molar-refractivity contribution in [1.82, 2.24) is 14.9 Å². The van der Waals surface area contributed by atoms with Gasteiger partial charge in [0.2, 0.25) is 5.92 Å². The molecular weight excluding hydrogens is 495 g/mol. The molecule has 1 saturated heterocycles. The number of amides is 2. The van der Waals surface area contributed by atoms with E-state index in [1.165, 1.54) is 12.1 Å². The maximum Gasteiger partial charge on any atom is 0.416 e. The normalized spacial score (nSPS) is 19.2. The van der Waals surface area contributed by atoms with Gasteiger partial charge in [-0.2, -0.15) is 13.2 Å². The van der Waals surface area contributed by atoms with E-state index < -0.39 is 23.7 Å². The molecule has 1 aliphatic carbocycles. The summed E-state index contributed by atoms with van der Waals surface area (Å²) < 4.78 is 65.2.